The number of nitriles is 1. The van der Waals surface area contributed by atoms with E-state index in [1.54, 1.807) is 46.9 Å². The van der Waals surface area contributed by atoms with E-state index >= 15 is 0 Å². The van der Waals surface area contributed by atoms with Crippen LogP contribution in [0.15, 0.2) is 36.5 Å². The fourth-order valence-electron chi connectivity index (χ4n) is 3.87. The van der Waals surface area contributed by atoms with Crippen molar-refractivity contribution < 1.29 is 26.3 Å². The second kappa shape index (κ2) is 10.4. The molecule has 0 amide bonds. The van der Waals surface area contributed by atoms with E-state index in [1.165, 1.54) is 6.20 Å². The van der Waals surface area contributed by atoms with Gasteiger partial charge in [0.1, 0.15) is 21.3 Å². The summed E-state index contributed by atoms with van der Waals surface area (Å²) in [4.78, 5) is 3.97. The van der Waals surface area contributed by atoms with E-state index in [-0.39, 0.29) is 52.6 Å². The summed E-state index contributed by atoms with van der Waals surface area (Å²) >= 11 is 1.80. The summed E-state index contributed by atoms with van der Waals surface area (Å²) in [7, 11) is -3.17. The molecule has 0 N–H and O–H groups in total. The molecule has 1 heterocycles. The number of sulfone groups is 1. The average molecular weight is 578 g/mol. The number of benzene rings is 1. The van der Waals surface area contributed by atoms with Gasteiger partial charge >= 0.3 is 0 Å². The molecule has 5 nitrogen and oxygen atoms in total. The molecule has 10 heteroatoms. The van der Waals surface area contributed by atoms with Crippen molar-refractivity contribution in [2.45, 2.75) is 31.6 Å². The van der Waals surface area contributed by atoms with Crippen molar-refractivity contribution in [1.82, 2.24) is 4.98 Å². The first kappa shape index (κ1) is 24.8. The molecule has 1 aromatic heterocycles. The van der Waals surface area contributed by atoms with Gasteiger partial charge in [-0.1, -0.05) is 22.6 Å². The topological polar surface area (TPSA) is 80.0 Å². The van der Waals surface area contributed by atoms with Crippen molar-refractivity contribution in [1.29, 1.82) is 5.26 Å². The van der Waals surface area contributed by atoms with E-state index in [0.717, 1.165) is 6.07 Å². The summed E-state index contributed by atoms with van der Waals surface area (Å²) in [6, 6.07) is 9.34. The minimum Gasteiger partial charge on any atom is -0.493 e. The van der Waals surface area contributed by atoms with Gasteiger partial charge in [0.05, 0.1) is 17.9 Å². The number of alkyl halides is 3. The van der Waals surface area contributed by atoms with Crippen molar-refractivity contribution in [3.05, 3.63) is 47.9 Å². The molecule has 0 saturated heterocycles. The molecular weight excluding hydrogens is 556 g/mol. The molecule has 0 aliphatic heterocycles. The largest absolute Gasteiger partial charge is 0.493 e. The van der Waals surface area contributed by atoms with Crippen LogP contribution < -0.4 is 4.74 Å². The molecule has 1 saturated carbocycles. The smallest absolute Gasteiger partial charge is 0.248 e. The lowest BCUT2D eigenvalue weighted by molar-refractivity contribution is -0.0770. The Labute approximate surface area is 199 Å². The molecule has 32 heavy (non-hydrogen) atoms. The normalized spacial score (nSPS) is 20.5. The number of nitrogens with zero attached hydrogens (tertiary/aromatic N) is 2. The molecule has 2 aromatic rings. The van der Waals surface area contributed by atoms with Gasteiger partial charge in [-0.25, -0.2) is 21.6 Å². The summed E-state index contributed by atoms with van der Waals surface area (Å²) in [6.07, 6.45) is 1.32. The molecule has 2 atom stereocenters. The lowest BCUT2D eigenvalue weighted by atomic mass is 9.76. The van der Waals surface area contributed by atoms with Gasteiger partial charge in [-0.15, -0.1) is 0 Å². The predicted molar refractivity (Wildman–Crippen MR) is 123 cm³/mol. The van der Waals surface area contributed by atoms with E-state index < -0.39 is 27.5 Å². The molecule has 1 aromatic carbocycles. The number of halogens is 4. The Balaban J connectivity index is 1.66. The van der Waals surface area contributed by atoms with Crippen LogP contribution in [0.3, 0.4) is 0 Å². The molecule has 3 rings (SSSR count). The van der Waals surface area contributed by atoms with Gasteiger partial charge in [0.15, 0.2) is 15.7 Å². The van der Waals surface area contributed by atoms with Gasteiger partial charge in [0.25, 0.3) is 0 Å². The number of rotatable bonds is 8. The fourth-order valence-corrected chi connectivity index (χ4v) is 5.57. The number of pyridine rings is 1. The Kier molecular flexibility index (Phi) is 8.03. The van der Waals surface area contributed by atoms with Crippen LogP contribution in [0.25, 0.3) is 11.3 Å². The lowest BCUT2D eigenvalue weighted by Gasteiger charge is -2.36. The van der Waals surface area contributed by atoms with Crippen LogP contribution in [0, 0.1) is 29.0 Å². The molecule has 1 aliphatic carbocycles. The molecule has 1 fully saturated rings. The molecule has 0 bridgehead atoms. The standard InChI is InChI=1S/C22H22F3IN2O3S/c23-20-9-15(11-27)12-28-21(20)17-1-3-19(4-2-17)31-13-18-10-22(24,25)7-5-16(18)6-8-32(29,30)14-26/h1-4,9,12,16,18H,5-8,10,13-14H2. The van der Waals surface area contributed by atoms with Crippen LogP contribution in [0.2, 0.25) is 0 Å². The van der Waals surface area contributed by atoms with Crippen molar-refractivity contribution in [2.24, 2.45) is 11.8 Å². The molecule has 2 unspecified atom stereocenters. The zero-order valence-electron chi connectivity index (χ0n) is 17.1. The maximum Gasteiger partial charge on any atom is 0.248 e. The van der Waals surface area contributed by atoms with Crippen molar-refractivity contribution in [2.75, 3.05) is 16.1 Å². The Hall–Kier alpha value is -1.87. The zero-order valence-corrected chi connectivity index (χ0v) is 20.1. The molecule has 0 radical (unpaired) electrons. The third-order valence-electron chi connectivity index (χ3n) is 5.64. The number of hydrogen-bond donors (Lipinski definition) is 0. The van der Waals surface area contributed by atoms with E-state index in [4.69, 9.17) is 10.00 Å². The highest BCUT2D eigenvalue weighted by atomic mass is 127. The van der Waals surface area contributed by atoms with Gasteiger partial charge in [0.2, 0.25) is 5.92 Å². The van der Waals surface area contributed by atoms with Gasteiger partial charge in [-0.2, -0.15) is 5.26 Å². The van der Waals surface area contributed by atoms with E-state index in [0.29, 0.717) is 17.7 Å². The number of ether oxygens (including phenoxy) is 1. The quantitative estimate of drug-likeness (QED) is 0.310. The summed E-state index contributed by atoms with van der Waals surface area (Å²) in [5.41, 5.74) is 0.709. The van der Waals surface area contributed by atoms with E-state index in [2.05, 4.69) is 4.98 Å². The maximum atomic E-state index is 14.2. The SMILES string of the molecule is N#Cc1cnc(-c2ccc(OCC3CC(F)(F)CCC3CCS(=O)(=O)CI)cc2)c(F)c1. The van der Waals surface area contributed by atoms with Crippen LogP contribution >= 0.6 is 22.6 Å². The fraction of sp³-hybridized carbons (Fsp3) is 0.455. The zero-order chi connectivity index (χ0) is 23.4. The van der Waals surface area contributed by atoms with Crippen molar-refractivity contribution in [3.8, 4) is 23.1 Å². The van der Waals surface area contributed by atoms with Crippen LogP contribution in [0.1, 0.15) is 31.2 Å². The predicted octanol–water partition coefficient (Wildman–Crippen LogP) is 5.39. The van der Waals surface area contributed by atoms with Crippen LogP contribution in [-0.4, -0.2) is 35.4 Å². The first-order chi connectivity index (χ1) is 15.1. The van der Waals surface area contributed by atoms with Crippen LogP contribution in [-0.2, 0) is 9.84 Å². The Bertz CT molecular complexity index is 1090. The summed E-state index contributed by atoms with van der Waals surface area (Å²) in [5.74, 6) is -3.58. The Morgan fingerprint density at radius 3 is 2.59 bits per heavy atom. The summed E-state index contributed by atoms with van der Waals surface area (Å²) in [6.45, 7) is 0.0490. The van der Waals surface area contributed by atoms with Gasteiger partial charge < -0.3 is 4.74 Å². The van der Waals surface area contributed by atoms with Crippen LogP contribution in [0.4, 0.5) is 13.2 Å². The maximum absolute atomic E-state index is 14.2. The van der Waals surface area contributed by atoms with Crippen molar-refractivity contribution >= 4 is 32.4 Å². The van der Waals surface area contributed by atoms with E-state index in [1.807, 2.05) is 6.07 Å². The molecule has 1 aliphatic rings. The first-order valence-electron chi connectivity index (χ1n) is 10.1. The monoisotopic (exact) mass is 578 g/mol. The first-order valence-corrected chi connectivity index (χ1v) is 13.4. The highest BCUT2D eigenvalue weighted by Gasteiger charge is 2.41. The lowest BCUT2D eigenvalue weighted by Crippen LogP contribution is -2.36. The minimum absolute atomic E-state index is 0.00977. The van der Waals surface area contributed by atoms with Gasteiger partial charge in [-0.05, 0) is 49.1 Å². The third kappa shape index (κ3) is 6.57. The number of hydrogen-bond acceptors (Lipinski definition) is 5. The highest BCUT2D eigenvalue weighted by Crippen LogP contribution is 2.42. The van der Waals surface area contributed by atoms with Gasteiger partial charge in [0, 0.05) is 30.5 Å². The van der Waals surface area contributed by atoms with E-state index in [9.17, 15) is 21.6 Å². The third-order valence-corrected chi connectivity index (χ3v) is 9.67. The van der Waals surface area contributed by atoms with Crippen molar-refractivity contribution in [3.63, 3.8) is 0 Å². The summed E-state index contributed by atoms with van der Waals surface area (Å²) < 4.78 is 71.5. The highest BCUT2D eigenvalue weighted by molar-refractivity contribution is 14.1. The average Bonchev–Trinajstić information content (AvgIpc) is 2.77. The number of aromatic nitrogens is 1. The second-order valence-corrected chi connectivity index (χ2v) is 11.9. The Morgan fingerprint density at radius 2 is 1.97 bits per heavy atom. The molecular formula is C22H22F3IN2O3S. The molecule has 0 spiro atoms. The second-order valence-electron chi connectivity index (χ2n) is 7.97. The Morgan fingerprint density at radius 1 is 1.25 bits per heavy atom. The minimum atomic E-state index is -3.17. The van der Waals surface area contributed by atoms with Gasteiger partial charge in [-0.3, -0.25) is 4.98 Å². The molecule has 172 valence electrons. The van der Waals surface area contributed by atoms with Crippen LogP contribution in [0.5, 0.6) is 5.75 Å². The summed E-state index contributed by atoms with van der Waals surface area (Å²) in [5, 5.41) is 8.81.